The van der Waals surface area contributed by atoms with Gasteiger partial charge in [-0.2, -0.15) is 4.31 Å². The fraction of sp³-hybridized carbons (Fsp3) is 0.250. The molecule has 20 heavy (non-hydrogen) atoms. The number of carboxylic acids is 1. The Bertz CT molecular complexity index is 614. The standard InChI is InChI=1S/C12H14FNO5S/c1-2-5-14(6-7-15)20(18,19)11-4-3-9(12(16)17)8-10(11)13/h2-4,8,15H,1,5-7H2,(H,16,17). The molecule has 0 spiro atoms. The molecule has 0 saturated heterocycles. The van der Waals surface area contributed by atoms with E-state index in [4.69, 9.17) is 10.2 Å². The van der Waals surface area contributed by atoms with Crippen molar-refractivity contribution < 1.29 is 27.8 Å². The number of halogens is 1. The molecular weight excluding hydrogens is 289 g/mol. The Labute approximate surface area is 115 Å². The molecule has 0 aliphatic carbocycles. The second-order valence-electron chi connectivity index (χ2n) is 3.83. The van der Waals surface area contributed by atoms with Crippen molar-refractivity contribution in [3.05, 3.63) is 42.2 Å². The molecule has 0 fully saturated rings. The fourth-order valence-corrected chi connectivity index (χ4v) is 2.99. The Morgan fingerprint density at radius 1 is 1.45 bits per heavy atom. The lowest BCUT2D eigenvalue weighted by atomic mass is 10.2. The molecule has 110 valence electrons. The van der Waals surface area contributed by atoms with Gasteiger partial charge < -0.3 is 10.2 Å². The quantitative estimate of drug-likeness (QED) is 0.723. The maximum absolute atomic E-state index is 13.8. The van der Waals surface area contributed by atoms with Crippen LogP contribution in [0.15, 0.2) is 35.7 Å². The van der Waals surface area contributed by atoms with Crippen LogP contribution in [0, 0.1) is 5.82 Å². The fourth-order valence-electron chi connectivity index (χ4n) is 1.55. The second kappa shape index (κ2) is 6.60. The Balaban J connectivity index is 3.26. The van der Waals surface area contributed by atoms with Gasteiger partial charge in [0.05, 0.1) is 12.2 Å². The smallest absolute Gasteiger partial charge is 0.335 e. The number of benzene rings is 1. The SMILES string of the molecule is C=CCN(CCO)S(=O)(=O)c1ccc(C(=O)O)cc1F. The van der Waals surface area contributed by atoms with Crippen molar-refractivity contribution >= 4 is 16.0 Å². The molecular formula is C12H14FNO5S. The number of carbonyl (C=O) groups is 1. The molecule has 0 aliphatic rings. The molecule has 2 N–H and O–H groups in total. The van der Waals surface area contributed by atoms with E-state index in [9.17, 15) is 17.6 Å². The minimum Gasteiger partial charge on any atom is -0.478 e. The van der Waals surface area contributed by atoms with E-state index in [0.29, 0.717) is 6.07 Å². The Morgan fingerprint density at radius 2 is 2.10 bits per heavy atom. The zero-order chi connectivity index (χ0) is 15.3. The molecule has 0 saturated carbocycles. The molecule has 6 nitrogen and oxygen atoms in total. The summed E-state index contributed by atoms with van der Waals surface area (Å²) in [5.41, 5.74) is -0.348. The first-order valence-electron chi connectivity index (χ1n) is 5.59. The number of aliphatic hydroxyl groups is 1. The van der Waals surface area contributed by atoms with Crippen molar-refractivity contribution in [1.29, 1.82) is 0 Å². The van der Waals surface area contributed by atoms with Crippen molar-refractivity contribution in [2.24, 2.45) is 0 Å². The summed E-state index contributed by atoms with van der Waals surface area (Å²) in [6.07, 6.45) is 1.30. The maximum Gasteiger partial charge on any atom is 0.335 e. The van der Waals surface area contributed by atoms with Gasteiger partial charge in [-0.3, -0.25) is 0 Å². The second-order valence-corrected chi connectivity index (χ2v) is 5.73. The molecule has 1 aromatic carbocycles. The average Bonchev–Trinajstić information content (AvgIpc) is 2.37. The lowest BCUT2D eigenvalue weighted by Crippen LogP contribution is -2.34. The highest BCUT2D eigenvalue weighted by molar-refractivity contribution is 7.89. The number of carboxylic acid groups (broad SMARTS) is 1. The van der Waals surface area contributed by atoms with Gasteiger partial charge in [-0.15, -0.1) is 6.58 Å². The molecule has 1 rings (SSSR count). The van der Waals surface area contributed by atoms with Gasteiger partial charge in [-0.05, 0) is 18.2 Å². The number of nitrogens with zero attached hydrogens (tertiary/aromatic N) is 1. The van der Waals surface area contributed by atoms with Crippen molar-refractivity contribution in [3.63, 3.8) is 0 Å². The van der Waals surface area contributed by atoms with Crippen molar-refractivity contribution in [3.8, 4) is 0 Å². The van der Waals surface area contributed by atoms with Crippen molar-refractivity contribution in [1.82, 2.24) is 4.31 Å². The molecule has 0 unspecified atom stereocenters. The number of aromatic carboxylic acids is 1. The van der Waals surface area contributed by atoms with Crippen LogP contribution in [-0.4, -0.2) is 48.6 Å². The van der Waals surface area contributed by atoms with Crippen LogP contribution in [0.1, 0.15) is 10.4 Å². The van der Waals surface area contributed by atoms with Crippen LogP contribution in [0.4, 0.5) is 4.39 Å². The number of aliphatic hydroxyl groups excluding tert-OH is 1. The molecule has 0 aliphatic heterocycles. The molecule has 1 aromatic rings. The summed E-state index contributed by atoms with van der Waals surface area (Å²) in [6.45, 7) is 2.65. The zero-order valence-corrected chi connectivity index (χ0v) is 11.3. The lowest BCUT2D eigenvalue weighted by molar-refractivity contribution is 0.0696. The van der Waals surface area contributed by atoms with Gasteiger partial charge in [-0.25, -0.2) is 17.6 Å². The molecule has 0 atom stereocenters. The first kappa shape index (κ1) is 16.3. The normalized spacial score (nSPS) is 11.6. The van der Waals surface area contributed by atoms with E-state index in [1.165, 1.54) is 6.08 Å². The minimum atomic E-state index is -4.16. The predicted molar refractivity (Wildman–Crippen MR) is 69.4 cm³/mol. The lowest BCUT2D eigenvalue weighted by Gasteiger charge is -2.20. The summed E-state index contributed by atoms with van der Waals surface area (Å²) >= 11 is 0. The van der Waals surface area contributed by atoms with E-state index in [1.54, 1.807) is 0 Å². The topological polar surface area (TPSA) is 94.9 Å². The minimum absolute atomic E-state index is 0.0942. The van der Waals surface area contributed by atoms with Gasteiger partial charge in [0.1, 0.15) is 10.7 Å². The third kappa shape index (κ3) is 3.41. The summed E-state index contributed by atoms with van der Waals surface area (Å²) in [5, 5.41) is 17.6. The zero-order valence-electron chi connectivity index (χ0n) is 10.5. The van der Waals surface area contributed by atoms with Crippen LogP contribution in [-0.2, 0) is 10.0 Å². The van der Waals surface area contributed by atoms with Crippen LogP contribution in [0.2, 0.25) is 0 Å². The highest BCUT2D eigenvalue weighted by Crippen LogP contribution is 2.20. The number of sulfonamides is 1. The largest absolute Gasteiger partial charge is 0.478 e. The van der Waals surface area contributed by atoms with Crippen LogP contribution in [0.3, 0.4) is 0 Å². The molecule has 0 radical (unpaired) electrons. The van der Waals surface area contributed by atoms with Gasteiger partial charge in [0, 0.05) is 13.1 Å². The summed E-state index contributed by atoms with van der Waals surface area (Å²) in [7, 11) is -4.16. The number of rotatable bonds is 7. The summed E-state index contributed by atoms with van der Waals surface area (Å²) in [4.78, 5) is 10.0. The van der Waals surface area contributed by atoms with E-state index in [1.807, 2.05) is 0 Å². The van der Waals surface area contributed by atoms with Gasteiger partial charge in [0.25, 0.3) is 0 Å². The maximum atomic E-state index is 13.8. The molecule has 0 aromatic heterocycles. The van der Waals surface area contributed by atoms with E-state index in [2.05, 4.69) is 6.58 Å². The van der Waals surface area contributed by atoms with E-state index in [0.717, 1.165) is 16.4 Å². The van der Waals surface area contributed by atoms with Gasteiger partial charge in [-0.1, -0.05) is 6.08 Å². The van der Waals surface area contributed by atoms with Crippen molar-refractivity contribution in [2.45, 2.75) is 4.90 Å². The van der Waals surface area contributed by atoms with E-state index in [-0.39, 0.29) is 18.7 Å². The Hall–Kier alpha value is -1.77. The third-order valence-electron chi connectivity index (χ3n) is 2.48. The predicted octanol–water partition coefficient (Wildman–Crippen LogP) is 0.693. The summed E-state index contributed by atoms with van der Waals surface area (Å²) in [6, 6.07) is 2.53. The average molecular weight is 303 g/mol. The van der Waals surface area contributed by atoms with Crippen LogP contribution >= 0.6 is 0 Å². The van der Waals surface area contributed by atoms with Gasteiger partial charge in [0.15, 0.2) is 0 Å². The molecule has 8 heteroatoms. The van der Waals surface area contributed by atoms with E-state index < -0.39 is 33.3 Å². The van der Waals surface area contributed by atoms with Crippen LogP contribution in [0.5, 0.6) is 0 Å². The first-order valence-corrected chi connectivity index (χ1v) is 7.03. The third-order valence-corrected chi connectivity index (χ3v) is 4.38. The highest BCUT2D eigenvalue weighted by atomic mass is 32.2. The van der Waals surface area contributed by atoms with Gasteiger partial charge in [0.2, 0.25) is 10.0 Å². The Kier molecular flexibility index (Phi) is 5.37. The van der Waals surface area contributed by atoms with E-state index >= 15 is 0 Å². The van der Waals surface area contributed by atoms with Crippen LogP contribution < -0.4 is 0 Å². The molecule has 0 bridgehead atoms. The summed E-state index contributed by atoms with van der Waals surface area (Å²) < 4.78 is 39.0. The first-order chi connectivity index (χ1) is 9.34. The van der Waals surface area contributed by atoms with Crippen LogP contribution in [0.25, 0.3) is 0 Å². The number of hydrogen-bond acceptors (Lipinski definition) is 4. The van der Waals surface area contributed by atoms with Gasteiger partial charge >= 0.3 is 5.97 Å². The monoisotopic (exact) mass is 303 g/mol. The Morgan fingerprint density at radius 3 is 2.55 bits per heavy atom. The molecule has 0 heterocycles. The van der Waals surface area contributed by atoms with Crippen molar-refractivity contribution in [2.75, 3.05) is 19.7 Å². The summed E-state index contributed by atoms with van der Waals surface area (Å²) in [5.74, 6) is -2.51. The number of hydrogen-bond donors (Lipinski definition) is 2. The highest BCUT2D eigenvalue weighted by Gasteiger charge is 2.26. The molecule has 0 amide bonds.